The van der Waals surface area contributed by atoms with Crippen molar-refractivity contribution in [3.63, 3.8) is 0 Å². The van der Waals surface area contributed by atoms with E-state index in [0.717, 1.165) is 0 Å². The molecule has 2 rings (SSSR count). The maximum absolute atomic E-state index is 10.7. The first-order valence-electron chi connectivity index (χ1n) is 7.20. The molecule has 1 aromatic rings. The molecule has 1 atom stereocenters. The van der Waals surface area contributed by atoms with Gasteiger partial charge in [-0.25, -0.2) is 0 Å². The Morgan fingerprint density at radius 3 is 1.61 bits per heavy atom. The van der Waals surface area contributed by atoms with Crippen LogP contribution in [0.1, 0.15) is 65.2 Å². The average Bonchev–Trinajstić information content (AvgIpc) is 2.88. The van der Waals surface area contributed by atoms with Gasteiger partial charge >= 0.3 is 0 Å². The minimum absolute atomic E-state index is 0.259. The molecule has 1 aromatic carbocycles. The van der Waals surface area contributed by atoms with Gasteiger partial charge in [0.25, 0.3) is 0 Å². The van der Waals surface area contributed by atoms with Crippen molar-refractivity contribution in [3.05, 3.63) is 33.4 Å². The first kappa shape index (κ1) is 13.6. The molecule has 0 saturated heterocycles. The van der Waals surface area contributed by atoms with Crippen molar-refractivity contribution < 1.29 is 5.11 Å². The Hall–Kier alpha value is -0.820. The highest BCUT2D eigenvalue weighted by Gasteiger charge is 2.28. The van der Waals surface area contributed by atoms with E-state index >= 15 is 0 Å². The lowest BCUT2D eigenvalue weighted by molar-refractivity contribution is 0.110. The molecule has 0 amide bonds. The monoisotopic (exact) mass is 246 g/mol. The number of rotatable bonds is 2. The zero-order valence-corrected chi connectivity index (χ0v) is 12.4. The summed E-state index contributed by atoms with van der Waals surface area (Å²) >= 11 is 0. The van der Waals surface area contributed by atoms with E-state index in [-0.39, 0.29) is 6.10 Å². The first-order valence-corrected chi connectivity index (χ1v) is 7.20. The van der Waals surface area contributed by atoms with Crippen LogP contribution in [0.15, 0.2) is 0 Å². The molecule has 1 fully saturated rings. The van der Waals surface area contributed by atoms with Crippen molar-refractivity contribution in [1.29, 1.82) is 0 Å². The molecule has 0 radical (unpaired) electrons. The number of aliphatic hydroxyl groups is 1. The molecule has 1 unspecified atom stereocenters. The van der Waals surface area contributed by atoms with Gasteiger partial charge in [0.15, 0.2) is 0 Å². The molecule has 1 aliphatic carbocycles. The van der Waals surface area contributed by atoms with E-state index in [1.165, 1.54) is 59.1 Å². The molecule has 0 bridgehead atoms. The predicted molar refractivity (Wildman–Crippen MR) is 77.0 cm³/mol. The van der Waals surface area contributed by atoms with Crippen molar-refractivity contribution in [2.75, 3.05) is 0 Å². The van der Waals surface area contributed by atoms with Crippen LogP contribution in [-0.2, 0) is 0 Å². The highest BCUT2D eigenvalue weighted by Crippen LogP contribution is 2.40. The molecule has 0 aromatic heterocycles. The summed E-state index contributed by atoms with van der Waals surface area (Å²) in [5.41, 5.74) is 7.90. The zero-order valence-electron chi connectivity index (χ0n) is 12.4. The topological polar surface area (TPSA) is 20.2 Å². The van der Waals surface area contributed by atoms with Gasteiger partial charge in [-0.1, -0.05) is 12.8 Å². The molecule has 1 N–H and O–H groups in total. The summed E-state index contributed by atoms with van der Waals surface area (Å²) in [6, 6.07) is 0. The van der Waals surface area contributed by atoms with Crippen LogP contribution in [0.5, 0.6) is 0 Å². The highest BCUT2D eigenvalue weighted by atomic mass is 16.3. The summed E-state index contributed by atoms with van der Waals surface area (Å²) in [4.78, 5) is 0. The fourth-order valence-corrected chi connectivity index (χ4v) is 3.48. The third-order valence-electron chi connectivity index (χ3n) is 5.20. The fraction of sp³-hybridized carbons (Fsp3) is 0.647. The van der Waals surface area contributed by atoms with Gasteiger partial charge in [0.1, 0.15) is 0 Å². The van der Waals surface area contributed by atoms with Gasteiger partial charge in [0, 0.05) is 0 Å². The molecule has 0 aliphatic heterocycles. The molecular formula is C17H26O. The van der Waals surface area contributed by atoms with E-state index in [9.17, 15) is 5.11 Å². The smallest absolute Gasteiger partial charge is 0.0823 e. The zero-order chi connectivity index (χ0) is 13.4. The molecule has 18 heavy (non-hydrogen) atoms. The average molecular weight is 246 g/mol. The third kappa shape index (κ3) is 2.09. The summed E-state index contributed by atoms with van der Waals surface area (Å²) < 4.78 is 0. The minimum Gasteiger partial charge on any atom is -0.388 e. The van der Waals surface area contributed by atoms with Crippen LogP contribution >= 0.6 is 0 Å². The Kier molecular flexibility index (Phi) is 3.82. The van der Waals surface area contributed by atoms with E-state index in [1.807, 2.05) is 0 Å². The SMILES string of the molecule is Cc1c(C)c(C)c(C(O)C2CCCC2)c(C)c1C. The van der Waals surface area contributed by atoms with Gasteiger partial charge in [0.05, 0.1) is 6.10 Å². The Balaban J connectivity index is 2.49. The quantitative estimate of drug-likeness (QED) is 0.817. The van der Waals surface area contributed by atoms with E-state index in [1.54, 1.807) is 0 Å². The summed E-state index contributed by atoms with van der Waals surface area (Å²) in [5.74, 6) is 0.476. The summed E-state index contributed by atoms with van der Waals surface area (Å²) in [6.45, 7) is 10.9. The van der Waals surface area contributed by atoms with E-state index in [0.29, 0.717) is 5.92 Å². The van der Waals surface area contributed by atoms with Gasteiger partial charge in [0.2, 0.25) is 0 Å². The number of hydrogen-bond acceptors (Lipinski definition) is 1. The normalized spacial score (nSPS) is 18.3. The molecule has 100 valence electrons. The van der Waals surface area contributed by atoms with E-state index < -0.39 is 0 Å². The van der Waals surface area contributed by atoms with Crippen LogP contribution in [0.4, 0.5) is 0 Å². The Bertz CT molecular complexity index is 424. The summed E-state index contributed by atoms with van der Waals surface area (Å²) in [6.07, 6.45) is 4.68. The number of hydrogen-bond donors (Lipinski definition) is 1. The van der Waals surface area contributed by atoms with Crippen molar-refractivity contribution in [2.45, 2.75) is 66.4 Å². The predicted octanol–water partition coefficient (Wildman–Crippen LogP) is 4.45. The summed E-state index contributed by atoms with van der Waals surface area (Å²) in [5, 5.41) is 10.7. The van der Waals surface area contributed by atoms with Crippen LogP contribution in [0, 0.1) is 40.5 Å². The maximum Gasteiger partial charge on any atom is 0.0823 e. The van der Waals surface area contributed by atoms with Crippen molar-refractivity contribution in [1.82, 2.24) is 0 Å². The standard InChI is InChI=1S/C17H26O/c1-10-11(2)13(4)16(14(5)12(10)3)17(18)15-8-6-7-9-15/h15,17-18H,6-9H2,1-5H3. The van der Waals surface area contributed by atoms with Gasteiger partial charge in [-0.3, -0.25) is 0 Å². The Morgan fingerprint density at radius 2 is 1.17 bits per heavy atom. The molecule has 1 heteroatoms. The van der Waals surface area contributed by atoms with Crippen LogP contribution in [0.3, 0.4) is 0 Å². The molecule has 1 nitrogen and oxygen atoms in total. The first-order chi connectivity index (χ1) is 8.45. The largest absolute Gasteiger partial charge is 0.388 e. The van der Waals surface area contributed by atoms with Crippen LogP contribution in [-0.4, -0.2) is 5.11 Å². The van der Waals surface area contributed by atoms with Crippen molar-refractivity contribution >= 4 is 0 Å². The fourth-order valence-electron chi connectivity index (χ4n) is 3.48. The van der Waals surface area contributed by atoms with Gasteiger partial charge in [-0.15, -0.1) is 0 Å². The number of aliphatic hydroxyl groups excluding tert-OH is 1. The summed E-state index contributed by atoms with van der Waals surface area (Å²) in [7, 11) is 0. The van der Waals surface area contributed by atoms with Gasteiger partial charge in [-0.2, -0.15) is 0 Å². The van der Waals surface area contributed by atoms with E-state index in [2.05, 4.69) is 34.6 Å². The molecule has 0 heterocycles. The van der Waals surface area contributed by atoms with E-state index in [4.69, 9.17) is 0 Å². The van der Waals surface area contributed by atoms with Crippen LogP contribution < -0.4 is 0 Å². The lowest BCUT2D eigenvalue weighted by Gasteiger charge is -2.26. The molecular weight excluding hydrogens is 220 g/mol. The highest BCUT2D eigenvalue weighted by molar-refractivity contribution is 5.50. The number of benzene rings is 1. The minimum atomic E-state index is -0.259. The van der Waals surface area contributed by atoms with Crippen LogP contribution in [0.2, 0.25) is 0 Å². The second-order valence-electron chi connectivity index (χ2n) is 6.03. The molecule has 0 spiro atoms. The lowest BCUT2D eigenvalue weighted by Crippen LogP contribution is -2.14. The third-order valence-corrected chi connectivity index (χ3v) is 5.20. The van der Waals surface area contributed by atoms with Crippen molar-refractivity contribution in [3.8, 4) is 0 Å². The van der Waals surface area contributed by atoms with Gasteiger partial charge < -0.3 is 5.11 Å². The second-order valence-corrected chi connectivity index (χ2v) is 6.03. The van der Waals surface area contributed by atoms with Gasteiger partial charge in [-0.05, 0) is 86.8 Å². The van der Waals surface area contributed by atoms with Crippen molar-refractivity contribution in [2.24, 2.45) is 5.92 Å². The Labute approximate surface area is 111 Å². The lowest BCUT2D eigenvalue weighted by atomic mass is 9.83. The van der Waals surface area contributed by atoms with Crippen LogP contribution in [0.25, 0.3) is 0 Å². The molecule has 1 aliphatic rings. The molecule has 1 saturated carbocycles. The second kappa shape index (κ2) is 5.05. The Morgan fingerprint density at radius 1 is 0.778 bits per heavy atom. The maximum atomic E-state index is 10.7.